The summed E-state index contributed by atoms with van der Waals surface area (Å²) in [6, 6.07) is 14.5. The van der Waals surface area contributed by atoms with Crippen molar-refractivity contribution in [1.29, 1.82) is 0 Å². The summed E-state index contributed by atoms with van der Waals surface area (Å²) in [5, 5.41) is 3.40. The van der Waals surface area contributed by atoms with Crippen LogP contribution in [0.25, 0.3) is 0 Å². The zero-order chi connectivity index (χ0) is 14.4. The highest BCUT2D eigenvalue weighted by atomic mass is 16.5. The fourth-order valence-corrected chi connectivity index (χ4v) is 2.05. The number of anilines is 1. The van der Waals surface area contributed by atoms with Gasteiger partial charge in [0.25, 0.3) is 0 Å². The maximum atomic E-state index is 5.31. The van der Waals surface area contributed by atoms with Crippen LogP contribution in [0.5, 0.6) is 11.5 Å². The van der Waals surface area contributed by atoms with Crippen molar-refractivity contribution in [2.75, 3.05) is 19.5 Å². The second-order valence-electron chi connectivity index (χ2n) is 4.59. The highest BCUT2D eigenvalue weighted by Gasteiger charge is 2.04. The summed E-state index contributed by atoms with van der Waals surface area (Å²) in [6.45, 7) is 2.91. The number of benzene rings is 2. The van der Waals surface area contributed by atoms with Crippen LogP contribution >= 0.6 is 0 Å². The summed E-state index contributed by atoms with van der Waals surface area (Å²) < 4.78 is 10.5. The number of hydrogen-bond acceptors (Lipinski definition) is 3. The van der Waals surface area contributed by atoms with Crippen molar-refractivity contribution in [3.8, 4) is 11.5 Å². The lowest BCUT2D eigenvalue weighted by Gasteiger charge is -2.11. The van der Waals surface area contributed by atoms with E-state index in [0.717, 1.165) is 35.7 Å². The van der Waals surface area contributed by atoms with E-state index in [1.165, 1.54) is 5.56 Å². The number of nitrogens with one attached hydrogen (secondary N) is 1. The lowest BCUT2D eigenvalue weighted by molar-refractivity contribution is 0.354. The molecule has 0 radical (unpaired) electrons. The standard InChI is InChI=1S/C17H21NO2/c1-4-13-5-8-15(9-6-13)18-12-14-7-10-16(19-2)17(11-14)20-3/h5-11,18H,4,12H2,1-3H3. The molecule has 0 spiro atoms. The first kappa shape index (κ1) is 14.3. The van der Waals surface area contributed by atoms with Crippen molar-refractivity contribution in [2.45, 2.75) is 19.9 Å². The second kappa shape index (κ2) is 6.85. The van der Waals surface area contributed by atoms with E-state index in [1.807, 2.05) is 18.2 Å². The molecule has 2 aromatic rings. The van der Waals surface area contributed by atoms with Gasteiger partial charge in [0.15, 0.2) is 11.5 Å². The highest BCUT2D eigenvalue weighted by Crippen LogP contribution is 2.27. The van der Waals surface area contributed by atoms with Crippen LogP contribution in [0.1, 0.15) is 18.1 Å². The molecular formula is C17H21NO2. The Hall–Kier alpha value is -2.16. The first-order valence-electron chi connectivity index (χ1n) is 6.80. The van der Waals surface area contributed by atoms with Crippen molar-refractivity contribution in [1.82, 2.24) is 0 Å². The smallest absolute Gasteiger partial charge is 0.161 e. The monoisotopic (exact) mass is 271 g/mol. The van der Waals surface area contributed by atoms with E-state index in [4.69, 9.17) is 9.47 Å². The Labute approximate surface area is 120 Å². The van der Waals surface area contributed by atoms with E-state index in [-0.39, 0.29) is 0 Å². The molecule has 2 aromatic carbocycles. The van der Waals surface area contributed by atoms with E-state index < -0.39 is 0 Å². The van der Waals surface area contributed by atoms with Crippen molar-refractivity contribution in [3.63, 3.8) is 0 Å². The first-order chi connectivity index (χ1) is 9.76. The molecule has 0 bridgehead atoms. The van der Waals surface area contributed by atoms with Gasteiger partial charge in [-0.1, -0.05) is 25.1 Å². The van der Waals surface area contributed by atoms with Gasteiger partial charge in [-0.05, 0) is 41.8 Å². The molecule has 0 fully saturated rings. The molecule has 0 unspecified atom stereocenters. The van der Waals surface area contributed by atoms with Gasteiger partial charge in [-0.15, -0.1) is 0 Å². The van der Waals surface area contributed by atoms with Crippen molar-refractivity contribution < 1.29 is 9.47 Å². The topological polar surface area (TPSA) is 30.5 Å². The van der Waals surface area contributed by atoms with Crippen LogP contribution in [0.2, 0.25) is 0 Å². The van der Waals surface area contributed by atoms with Crippen molar-refractivity contribution >= 4 is 5.69 Å². The third-order valence-corrected chi connectivity index (χ3v) is 3.31. The van der Waals surface area contributed by atoms with E-state index in [1.54, 1.807) is 14.2 Å². The van der Waals surface area contributed by atoms with Crippen LogP contribution in [-0.2, 0) is 13.0 Å². The molecule has 0 aliphatic carbocycles. The normalized spacial score (nSPS) is 10.2. The Kier molecular flexibility index (Phi) is 4.88. The lowest BCUT2D eigenvalue weighted by atomic mass is 10.1. The molecule has 0 saturated heterocycles. The Morgan fingerprint density at radius 1 is 0.850 bits per heavy atom. The molecule has 0 amide bonds. The number of aryl methyl sites for hydroxylation is 1. The van der Waals surface area contributed by atoms with Gasteiger partial charge < -0.3 is 14.8 Å². The molecule has 2 rings (SSSR count). The van der Waals surface area contributed by atoms with Crippen LogP contribution in [0, 0.1) is 0 Å². The molecule has 0 atom stereocenters. The van der Waals surface area contributed by atoms with Crippen LogP contribution < -0.4 is 14.8 Å². The number of methoxy groups -OCH3 is 2. The Bertz CT molecular complexity index is 549. The summed E-state index contributed by atoms with van der Waals surface area (Å²) in [7, 11) is 3.30. The minimum absolute atomic E-state index is 0.753. The molecule has 0 aliphatic heterocycles. The van der Waals surface area contributed by atoms with Gasteiger partial charge in [0.1, 0.15) is 0 Å². The molecular weight excluding hydrogens is 250 g/mol. The van der Waals surface area contributed by atoms with Gasteiger partial charge in [0, 0.05) is 12.2 Å². The van der Waals surface area contributed by atoms with Gasteiger partial charge in [-0.25, -0.2) is 0 Å². The third kappa shape index (κ3) is 3.44. The highest BCUT2D eigenvalue weighted by molar-refractivity contribution is 5.47. The van der Waals surface area contributed by atoms with Gasteiger partial charge in [0.2, 0.25) is 0 Å². The van der Waals surface area contributed by atoms with Crippen molar-refractivity contribution in [3.05, 3.63) is 53.6 Å². The number of rotatable bonds is 6. The van der Waals surface area contributed by atoms with Gasteiger partial charge in [-0.2, -0.15) is 0 Å². The summed E-state index contributed by atoms with van der Waals surface area (Å²) in [5.74, 6) is 1.51. The first-order valence-corrected chi connectivity index (χ1v) is 6.80. The molecule has 0 saturated carbocycles. The molecule has 0 heterocycles. The summed E-state index contributed by atoms with van der Waals surface area (Å²) in [5.41, 5.74) is 3.63. The molecule has 0 aromatic heterocycles. The maximum absolute atomic E-state index is 5.31. The average Bonchev–Trinajstić information content (AvgIpc) is 2.53. The van der Waals surface area contributed by atoms with Crippen LogP contribution in [-0.4, -0.2) is 14.2 Å². The molecule has 20 heavy (non-hydrogen) atoms. The fourth-order valence-electron chi connectivity index (χ4n) is 2.05. The molecule has 3 nitrogen and oxygen atoms in total. The number of ether oxygens (including phenoxy) is 2. The maximum Gasteiger partial charge on any atom is 0.161 e. The van der Waals surface area contributed by atoms with Crippen molar-refractivity contribution in [2.24, 2.45) is 0 Å². The average molecular weight is 271 g/mol. The predicted molar refractivity (Wildman–Crippen MR) is 82.7 cm³/mol. The van der Waals surface area contributed by atoms with Crippen LogP contribution in [0.15, 0.2) is 42.5 Å². The van der Waals surface area contributed by atoms with E-state index in [0.29, 0.717) is 0 Å². The van der Waals surface area contributed by atoms with Gasteiger partial charge in [0.05, 0.1) is 14.2 Å². The zero-order valence-corrected chi connectivity index (χ0v) is 12.3. The van der Waals surface area contributed by atoms with E-state index >= 15 is 0 Å². The minimum atomic E-state index is 0.753. The Morgan fingerprint density at radius 2 is 1.50 bits per heavy atom. The molecule has 1 N–H and O–H groups in total. The Morgan fingerprint density at radius 3 is 2.10 bits per heavy atom. The zero-order valence-electron chi connectivity index (χ0n) is 12.3. The van der Waals surface area contributed by atoms with Gasteiger partial charge >= 0.3 is 0 Å². The van der Waals surface area contributed by atoms with E-state index in [2.05, 4.69) is 36.5 Å². The molecule has 0 aliphatic rings. The molecule has 3 heteroatoms. The van der Waals surface area contributed by atoms with Gasteiger partial charge in [-0.3, -0.25) is 0 Å². The second-order valence-corrected chi connectivity index (χ2v) is 4.59. The summed E-state index contributed by atoms with van der Waals surface area (Å²) >= 11 is 0. The summed E-state index contributed by atoms with van der Waals surface area (Å²) in [6.07, 6.45) is 1.07. The van der Waals surface area contributed by atoms with E-state index in [9.17, 15) is 0 Å². The number of hydrogen-bond donors (Lipinski definition) is 1. The quantitative estimate of drug-likeness (QED) is 0.865. The fraction of sp³-hybridized carbons (Fsp3) is 0.294. The minimum Gasteiger partial charge on any atom is -0.493 e. The van der Waals surface area contributed by atoms with Crippen LogP contribution in [0.4, 0.5) is 5.69 Å². The SMILES string of the molecule is CCc1ccc(NCc2ccc(OC)c(OC)c2)cc1. The Balaban J connectivity index is 2.02. The lowest BCUT2D eigenvalue weighted by Crippen LogP contribution is -2.00. The molecule has 106 valence electrons. The van der Waals surface area contributed by atoms with Crippen LogP contribution in [0.3, 0.4) is 0 Å². The third-order valence-electron chi connectivity index (χ3n) is 3.31. The predicted octanol–water partition coefficient (Wildman–Crippen LogP) is 3.88. The summed E-state index contributed by atoms with van der Waals surface area (Å²) in [4.78, 5) is 0. The largest absolute Gasteiger partial charge is 0.493 e.